The first-order chi connectivity index (χ1) is 8.90. The average molecular weight is 286 g/mol. The summed E-state index contributed by atoms with van der Waals surface area (Å²) in [7, 11) is 0. The lowest BCUT2D eigenvalue weighted by Crippen LogP contribution is -2.40. The number of phenols is 1. The summed E-state index contributed by atoms with van der Waals surface area (Å²) in [6, 6.07) is 2.84. The molecule has 1 unspecified atom stereocenters. The number of halogens is 1. The molecule has 1 saturated heterocycles. The van der Waals surface area contributed by atoms with Crippen LogP contribution < -0.4 is 0 Å². The van der Waals surface area contributed by atoms with E-state index in [1.807, 2.05) is 0 Å². The van der Waals surface area contributed by atoms with E-state index in [-0.39, 0.29) is 29.3 Å². The maximum absolute atomic E-state index is 12.2. The van der Waals surface area contributed by atoms with Crippen LogP contribution in [0.4, 0.5) is 0 Å². The number of likely N-dealkylation sites (tertiary alicyclic amines) is 1. The zero-order chi connectivity index (χ0) is 14.2. The van der Waals surface area contributed by atoms with Gasteiger partial charge in [0.1, 0.15) is 11.8 Å². The Kier molecular flexibility index (Phi) is 3.64. The maximum Gasteiger partial charge on any atom is 0.326 e. The molecule has 6 nitrogen and oxygen atoms in total. The van der Waals surface area contributed by atoms with Crippen LogP contribution in [0.5, 0.6) is 5.75 Å². The number of carbonyl (C=O) groups excluding carboxylic acids is 1. The summed E-state index contributed by atoms with van der Waals surface area (Å²) in [5.41, 5.74) is 0.170. The summed E-state index contributed by atoms with van der Waals surface area (Å²) in [4.78, 5) is 24.3. The third-order valence-corrected chi connectivity index (χ3v) is 3.32. The molecule has 2 atom stereocenters. The van der Waals surface area contributed by atoms with Gasteiger partial charge in [-0.1, -0.05) is 11.6 Å². The van der Waals surface area contributed by atoms with E-state index >= 15 is 0 Å². The van der Waals surface area contributed by atoms with Crippen molar-refractivity contribution in [1.82, 2.24) is 4.90 Å². The molecule has 19 heavy (non-hydrogen) atoms. The lowest BCUT2D eigenvalue weighted by Gasteiger charge is -2.21. The van der Waals surface area contributed by atoms with Gasteiger partial charge in [-0.15, -0.1) is 0 Å². The summed E-state index contributed by atoms with van der Waals surface area (Å²) in [6.45, 7) is -0.0334. The van der Waals surface area contributed by atoms with Crippen molar-refractivity contribution in [2.45, 2.75) is 18.6 Å². The molecule has 1 aromatic rings. The number of rotatable bonds is 2. The minimum atomic E-state index is -1.16. The van der Waals surface area contributed by atoms with Crippen LogP contribution in [0, 0.1) is 0 Å². The van der Waals surface area contributed by atoms with Gasteiger partial charge in [0.25, 0.3) is 5.91 Å². The molecular weight excluding hydrogens is 274 g/mol. The number of carboxylic acids is 1. The molecule has 102 valence electrons. The molecule has 0 spiro atoms. The van der Waals surface area contributed by atoms with Crippen LogP contribution in [0.25, 0.3) is 0 Å². The highest BCUT2D eigenvalue weighted by Crippen LogP contribution is 2.26. The van der Waals surface area contributed by atoms with Gasteiger partial charge in [0, 0.05) is 18.5 Å². The van der Waals surface area contributed by atoms with Crippen LogP contribution >= 0.6 is 11.6 Å². The first-order valence-electron chi connectivity index (χ1n) is 5.60. The molecule has 1 aliphatic heterocycles. The molecule has 7 heteroatoms. The van der Waals surface area contributed by atoms with E-state index in [9.17, 15) is 19.8 Å². The summed E-state index contributed by atoms with van der Waals surface area (Å²) >= 11 is 5.71. The Morgan fingerprint density at radius 3 is 2.63 bits per heavy atom. The molecule has 0 radical (unpaired) electrons. The number of benzene rings is 1. The highest BCUT2D eigenvalue weighted by molar-refractivity contribution is 6.32. The fraction of sp³-hybridized carbons (Fsp3) is 0.333. The Balaban J connectivity index is 2.27. The van der Waals surface area contributed by atoms with Crippen LogP contribution in [-0.4, -0.2) is 50.8 Å². The number of nitrogens with zero attached hydrogens (tertiary/aromatic N) is 1. The number of carbonyl (C=O) groups is 2. The van der Waals surface area contributed by atoms with Gasteiger partial charge in [0.15, 0.2) is 0 Å². The molecule has 0 bridgehead atoms. The van der Waals surface area contributed by atoms with E-state index in [4.69, 9.17) is 16.7 Å². The number of carboxylic acid groups (broad SMARTS) is 1. The molecule has 0 aliphatic carbocycles. The van der Waals surface area contributed by atoms with Gasteiger partial charge >= 0.3 is 5.97 Å². The second-order valence-electron chi connectivity index (χ2n) is 4.37. The zero-order valence-electron chi connectivity index (χ0n) is 9.78. The van der Waals surface area contributed by atoms with E-state index in [0.29, 0.717) is 0 Å². The van der Waals surface area contributed by atoms with E-state index in [1.54, 1.807) is 0 Å². The summed E-state index contributed by atoms with van der Waals surface area (Å²) in [5, 5.41) is 27.8. The first-order valence-corrected chi connectivity index (χ1v) is 5.98. The number of aliphatic carboxylic acids is 1. The van der Waals surface area contributed by atoms with E-state index < -0.39 is 24.0 Å². The van der Waals surface area contributed by atoms with Gasteiger partial charge in [-0.25, -0.2) is 4.79 Å². The van der Waals surface area contributed by atoms with Crippen molar-refractivity contribution < 1.29 is 24.9 Å². The van der Waals surface area contributed by atoms with E-state index in [2.05, 4.69) is 0 Å². The van der Waals surface area contributed by atoms with E-state index in [1.165, 1.54) is 18.2 Å². The summed E-state index contributed by atoms with van der Waals surface area (Å²) in [6.07, 6.45) is -0.843. The second-order valence-corrected chi connectivity index (χ2v) is 4.77. The fourth-order valence-corrected chi connectivity index (χ4v) is 2.26. The first kappa shape index (κ1) is 13.6. The van der Waals surface area contributed by atoms with Gasteiger partial charge in [0.2, 0.25) is 0 Å². The standard InChI is InChI=1S/C12H12ClNO5/c13-8-3-6(1-2-10(8)16)11(17)14-5-7(15)4-9(14)12(18)19/h1-3,7,9,15-16H,4-5H2,(H,18,19)/t7?,9-/m0/s1. The topological polar surface area (TPSA) is 98.1 Å². The summed E-state index contributed by atoms with van der Waals surface area (Å²) in [5.74, 6) is -1.85. The number of aliphatic hydroxyl groups excluding tert-OH is 1. The minimum absolute atomic E-state index is 0.00683. The Morgan fingerprint density at radius 2 is 2.05 bits per heavy atom. The maximum atomic E-state index is 12.2. The Hall–Kier alpha value is -1.79. The van der Waals surface area contributed by atoms with Crippen LogP contribution in [-0.2, 0) is 4.79 Å². The monoisotopic (exact) mass is 285 g/mol. The Morgan fingerprint density at radius 1 is 1.37 bits per heavy atom. The van der Waals surface area contributed by atoms with Gasteiger partial charge < -0.3 is 20.2 Å². The quantitative estimate of drug-likeness (QED) is 0.743. The second kappa shape index (κ2) is 5.07. The van der Waals surface area contributed by atoms with Gasteiger partial charge in [-0.2, -0.15) is 0 Å². The third kappa shape index (κ3) is 2.64. The SMILES string of the molecule is O=C(O)[C@@H]1CC(O)CN1C(=O)c1ccc(O)c(Cl)c1. The van der Waals surface area contributed by atoms with Crippen molar-refractivity contribution in [2.24, 2.45) is 0 Å². The molecule has 0 aromatic heterocycles. The zero-order valence-corrected chi connectivity index (χ0v) is 10.5. The number of aliphatic hydroxyl groups is 1. The largest absolute Gasteiger partial charge is 0.506 e. The third-order valence-electron chi connectivity index (χ3n) is 3.02. The molecule has 0 saturated carbocycles. The molecular formula is C12H12ClNO5. The minimum Gasteiger partial charge on any atom is -0.506 e. The lowest BCUT2D eigenvalue weighted by atomic mass is 10.1. The molecule has 1 aromatic carbocycles. The van der Waals surface area contributed by atoms with Crippen LogP contribution in [0.1, 0.15) is 16.8 Å². The molecule has 1 aliphatic rings. The van der Waals surface area contributed by atoms with Crippen LogP contribution in [0.15, 0.2) is 18.2 Å². The highest BCUT2D eigenvalue weighted by Gasteiger charge is 2.39. The molecule has 3 N–H and O–H groups in total. The number of hydrogen-bond donors (Lipinski definition) is 3. The molecule has 1 fully saturated rings. The van der Waals surface area contributed by atoms with Crippen LogP contribution in [0.2, 0.25) is 5.02 Å². The predicted octanol–water partition coefficient (Wildman–Crippen LogP) is 0.706. The molecule has 2 rings (SSSR count). The van der Waals surface area contributed by atoms with Crippen molar-refractivity contribution in [2.75, 3.05) is 6.54 Å². The normalized spacial score (nSPS) is 22.5. The fourth-order valence-electron chi connectivity index (χ4n) is 2.08. The lowest BCUT2D eigenvalue weighted by molar-refractivity contribution is -0.141. The van der Waals surface area contributed by atoms with Gasteiger partial charge in [-0.05, 0) is 18.2 Å². The number of β-amino-alcohol motifs (C(OH)–C–C–N with tert-alkyl or cyclic N) is 1. The summed E-state index contributed by atoms with van der Waals surface area (Å²) < 4.78 is 0. The number of aromatic hydroxyl groups is 1. The van der Waals surface area contributed by atoms with Crippen molar-refractivity contribution in [3.8, 4) is 5.75 Å². The Labute approximate surface area is 113 Å². The number of phenolic OH excluding ortho intramolecular Hbond substituents is 1. The van der Waals surface area contributed by atoms with Gasteiger partial charge in [0.05, 0.1) is 11.1 Å². The van der Waals surface area contributed by atoms with E-state index in [0.717, 1.165) is 4.90 Å². The predicted molar refractivity (Wildman–Crippen MR) is 66.2 cm³/mol. The molecule has 1 amide bonds. The van der Waals surface area contributed by atoms with Gasteiger partial charge in [-0.3, -0.25) is 4.79 Å². The number of hydrogen-bond acceptors (Lipinski definition) is 4. The van der Waals surface area contributed by atoms with Crippen molar-refractivity contribution in [3.63, 3.8) is 0 Å². The van der Waals surface area contributed by atoms with Crippen molar-refractivity contribution in [1.29, 1.82) is 0 Å². The van der Waals surface area contributed by atoms with Crippen LogP contribution in [0.3, 0.4) is 0 Å². The molecule has 1 heterocycles. The van der Waals surface area contributed by atoms with Crippen molar-refractivity contribution >= 4 is 23.5 Å². The van der Waals surface area contributed by atoms with Crippen molar-refractivity contribution in [3.05, 3.63) is 28.8 Å². The highest BCUT2D eigenvalue weighted by atomic mass is 35.5. The number of amides is 1. The average Bonchev–Trinajstić information content (AvgIpc) is 2.74. The Bertz CT molecular complexity index is 533. The smallest absolute Gasteiger partial charge is 0.326 e.